The van der Waals surface area contributed by atoms with Gasteiger partial charge in [0.25, 0.3) is 0 Å². The first-order chi connectivity index (χ1) is 14.0. The SMILES string of the molecule is COc1ccc([C@@H](CC(=O)NCCC(C)C)c2c[nH]c3ccccc23)c(OC)c1. The van der Waals surface area contributed by atoms with Crippen LogP contribution in [0.4, 0.5) is 0 Å². The summed E-state index contributed by atoms with van der Waals surface area (Å²) in [7, 11) is 3.28. The van der Waals surface area contributed by atoms with Crippen molar-refractivity contribution in [3.05, 3.63) is 59.8 Å². The van der Waals surface area contributed by atoms with Crippen LogP contribution in [0.1, 0.15) is 43.7 Å². The number of nitrogens with one attached hydrogen (secondary N) is 2. The first-order valence-electron chi connectivity index (χ1n) is 10.1. The second-order valence-electron chi connectivity index (χ2n) is 7.69. The highest BCUT2D eigenvalue weighted by Crippen LogP contribution is 2.39. The van der Waals surface area contributed by atoms with Crippen LogP contribution in [0.3, 0.4) is 0 Å². The summed E-state index contributed by atoms with van der Waals surface area (Å²) < 4.78 is 11.0. The minimum absolute atomic E-state index is 0.0406. The number of benzene rings is 2. The van der Waals surface area contributed by atoms with Gasteiger partial charge in [-0.25, -0.2) is 0 Å². The van der Waals surface area contributed by atoms with Crippen LogP contribution in [0.5, 0.6) is 11.5 Å². The molecule has 3 rings (SSSR count). The van der Waals surface area contributed by atoms with E-state index >= 15 is 0 Å². The Morgan fingerprint density at radius 2 is 1.86 bits per heavy atom. The summed E-state index contributed by atoms with van der Waals surface area (Å²) in [5.41, 5.74) is 3.11. The van der Waals surface area contributed by atoms with Crippen molar-refractivity contribution in [1.82, 2.24) is 10.3 Å². The Morgan fingerprint density at radius 3 is 2.59 bits per heavy atom. The molecule has 0 radical (unpaired) electrons. The van der Waals surface area contributed by atoms with Gasteiger partial charge in [0.05, 0.1) is 14.2 Å². The highest BCUT2D eigenvalue weighted by molar-refractivity contribution is 5.86. The van der Waals surface area contributed by atoms with Crippen molar-refractivity contribution < 1.29 is 14.3 Å². The van der Waals surface area contributed by atoms with Gasteiger partial charge in [0, 0.05) is 47.6 Å². The van der Waals surface area contributed by atoms with Crippen LogP contribution in [-0.4, -0.2) is 31.7 Å². The highest BCUT2D eigenvalue weighted by atomic mass is 16.5. The molecular formula is C24H30N2O3. The summed E-state index contributed by atoms with van der Waals surface area (Å²) in [6, 6.07) is 13.9. The van der Waals surface area contributed by atoms with Gasteiger partial charge in [-0.2, -0.15) is 0 Å². The van der Waals surface area contributed by atoms with E-state index in [1.165, 1.54) is 0 Å². The Kier molecular flexibility index (Phi) is 6.81. The van der Waals surface area contributed by atoms with E-state index in [2.05, 4.69) is 30.2 Å². The van der Waals surface area contributed by atoms with E-state index in [1.54, 1.807) is 14.2 Å². The zero-order valence-corrected chi connectivity index (χ0v) is 17.6. The molecule has 0 fully saturated rings. The van der Waals surface area contributed by atoms with Crippen molar-refractivity contribution in [1.29, 1.82) is 0 Å². The molecule has 5 heteroatoms. The average Bonchev–Trinajstić information content (AvgIpc) is 3.15. The summed E-state index contributed by atoms with van der Waals surface area (Å²) in [5.74, 6) is 1.91. The number of carbonyl (C=O) groups is 1. The largest absolute Gasteiger partial charge is 0.497 e. The zero-order valence-electron chi connectivity index (χ0n) is 17.6. The number of para-hydroxylation sites is 1. The van der Waals surface area contributed by atoms with Gasteiger partial charge < -0.3 is 19.8 Å². The molecular weight excluding hydrogens is 364 g/mol. The summed E-state index contributed by atoms with van der Waals surface area (Å²) in [4.78, 5) is 16.1. The molecule has 1 atom stereocenters. The first-order valence-corrected chi connectivity index (χ1v) is 10.1. The Bertz CT molecular complexity index is 962. The summed E-state index contributed by atoms with van der Waals surface area (Å²) in [6.07, 6.45) is 3.32. The lowest BCUT2D eigenvalue weighted by molar-refractivity contribution is -0.121. The fraction of sp³-hybridized carbons (Fsp3) is 0.375. The quantitative estimate of drug-likeness (QED) is 0.544. The molecule has 1 heterocycles. The van der Waals surface area contributed by atoms with Crippen molar-refractivity contribution in [2.24, 2.45) is 5.92 Å². The number of H-pyrrole nitrogens is 1. The number of ether oxygens (including phenoxy) is 2. The fourth-order valence-electron chi connectivity index (χ4n) is 3.63. The number of methoxy groups -OCH3 is 2. The van der Waals surface area contributed by atoms with Crippen molar-refractivity contribution in [3.8, 4) is 11.5 Å². The number of amides is 1. The number of hydrogen-bond donors (Lipinski definition) is 2. The molecule has 3 aromatic rings. The topological polar surface area (TPSA) is 63.3 Å². The van der Waals surface area contributed by atoms with Crippen LogP contribution in [-0.2, 0) is 4.79 Å². The Hall–Kier alpha value is -2.95. The predicted octanol–water partition coefficient (Wildman–Crippen LogP) is 4.87. The normalized spacial score (nSPS) is 12.2. The maximum absolute atomic E-state index is 12.8. The van der Waals surface area contributed by atoms with Crippen molar-refractivity contribution in [3.63, 3.8) is 0 Å². The number of carbonyl (C=O) groups excluding carboxylic acids is 1. The second kappa shape index (κ2) is 9.50. The number of fused-ring (bicyclic) bond motifs is 1. The Morgan fingerprint density at radius 1 is 1.07 bits per heavy atom. The molecule has 2 aromatic carbocycles. The molecule has 0 aliphatic rings. The van der Waals surface area contributed by atoms with E-state index in [1.807, 2.05) is 42.6 Å². The zero-order chi connectivity index (χ0) is 20.8. The third kappa shape index (κ3) is 4.91. The van der Waals surface area contributed by atoms with Gasteiger partial charge in [0.1, 0.15) is 11.5 Å². The molecule has 0 saturated heterocycles. The maximum atomic E-state index is 12.8. The van der Waals surface area contributed by atoms with Crippen molar-refractivity contribution in [2.45, 2.75) is 32.6 Å². The third-order valence-electron chi connectivity index (χ3n) is 5.25. The van der Waals surface area contributed by atoms with E-state index in [9.17, 15) is 4.79 Å². The number of rotatable bonds is 9. The van der Waals surface area contributed by atoms with E-state index < -0.39 is 0 Å². The standard InChI is InChI=1S/C24H30N2O3/c1-16(2)11-12-25-24(27)14-20(19-10-9-17(28-3)13-23(19)29-4)21-15-26-22-8-6-5-7-18(21)22/h5-10,13,15-16,20,26H,11-12,14H2,1-4H3,(H,25,27)/t20-/m1/s1. The maximum Gasteiger partial charge on any atom is 0.220 e. The predicted molar refractivity (Wildman–Crippen MR) is 117 cm³/mol. The molecule has 0 unspecified atom stereocenters. The molecule has 0 aliphatic heterocycles. The molecule has 154 valence electrons. The first kappa shape index (κ1) is 20.8. The number of aromatic nitrogens is 1. The monoisotopic (exact) mass is 394 g/mol. The van der Waals surface area contributed by atoms with Gasteiger partial charge in [-0.15, -0.1) is 0 Å². The minimum atomic E-state index is -0.133. The van der Waals surface area contributed by atoms with E-state index in [-0.39, 0.29) is 11.8 Å². The molecule has 1 aromatic heterocycles. The fourth-order valence-corrected chi connectivity index (χ4v) is 3.63. The third-order valence-corrected chi connectivity index (χ3v) is 5.25. The van der Waals surface area contributed by atoms with Gasteiger partial charge >= 0.3 is 0 Å². The molecule has 0 saturated carbocycles. The highest BCUT2D eigenvalue weighted by Gasteiger charge is 2.24. The molecule has 5 nitrogen and oxygen atoms in total. The molecule has 1 amide bonds. The molecule has 0 aliphatic carbocycles. The summed E-state index contributed by atoms with van der Waals surface area (Å²) >= 11 is 0. The van der Waals surface area contributed by atoms with Crippen LogP contribution < -0.4 is 14.8 Å². The molecule has 0 bridgehead atoms. The second-order valence-corrected chi connectivity index (χ2v) is 7.69. The van der Waals surface area contributed by atoms with Gasteiger partial charge in [0.2, 0.25) is 5.91 Å². The van der Waals surface area contributed by atoms with Gasteiger partial charge in [-0.1, -0.05) is 38.1 Å². The number of aromatic amines is 1. The van der Waals surface area contributed by atoms with Crippen LogP contribution in [0.25, 0.3) is 10.9 Å². The van der Waals surface area contributed by atoms with Gasteiger partial charge in [0.15, 0.2) is 0 Å². The van der Waals surface area contributed by atoms with Crippen LogP contribution >= 0.6 is 0 Å². The van der Waals surface area contributed by atoms with E-state index in [4.69, 9.17) is 9.47 Å². The van der Waals surface area contributed by atoms with Crippen molar-refractivity contribution >= 4 is 16.8 Å². The molecule has 29 heavy (non-hydrogen) atoms. The summed E-state index contributed by atoms with van der Waals surface area (Å²) in [6.45, 7) is 5.00. The minimum Gasteiger partial charge on any atom is -0.497 e. The molecule has 2 N–H and O–H groups in total. The number of hydrogen-bond acceptors (Lipinski definition) is 3. The Labute approximate surface area is 172 Å². The smallest absolute Gasteiger partial charge is 0.220 e. The molecule has 0 spiro atoms. The summed E-state index contributed by atoms with van der Waals surface area (Å²) in [5, 5.41) is 4.19. The van der Waals surface area contributed by atoms with Crippen molar-refractivity contribution in [2.75, 3.05) is 20.8 Å². The van der Waals surface area contributed by atoms with Crippen LogP contribution in [0.15, 0.2) is 48.7 Å². The van der Waals surface area contributed by atoms with Gasteiger partial charge in [-0.05, 0) is 30.0 Å². The Balaban J connectivity index is 1.97. The lowest BCUT2D eigenvalue weighted by atomic mass is 9.87. The average molecular weight is 395 g/mol. The van der Waals surface area contributed by atoms with Crippen LogP contribution in [0.2, 0.25) is 0 Å². The van der Waals surface area contributed by atoms with Crippen LogP contribution in [0, 0.1) is 5.92 Å². The van der Waals surface area contributed by atoms with E-state index in [0.717, 1.165) is 39.9 Å². The van der Waals surface area contributed by atoms with Gasteiger partial charge in [-0.3, -0.25) is 4.79 Å². The lowest BCUT2D eigenvalue weighted by Gasteiger charge is -2.20. The lowest BCUT2D eigenvalue weighted by Crippen LogP contribution is -2.27. The van der Waals surface area contributed by atoms with E-state index in [0.29, 0.717) is 18.9 Å².